The first kappa shape index (κ1) is 14.8. The van der Waals surface area contributed by atoms with Gasteiger partial charge in [0.15, 0.2) is 0 Å². The molecule has 2 aliphatic rings. The second-order valence-corrected chi connectivity index (χ2v) is 5.67. The molecule has 22 heavy (non-hydrogen) atoms. The van der Waals surface area contributed by atoms with Crippen molar-refractivity contribution in [2.75, 3.05) is 19.6 Å². The summed E-state index contributed by atoms with van der Waals surface area (Å²) < 4.78 is 0. The fourth-order valence-corrected chi connectivity index (χ4v) is 2.73. The van der Waals surface area contributed by atoms with Crippen LogP contribution in [0.1, 0.15) is 30.9 Å². The Morgan fingerprint density at radius 1 is 1.36 bits per heavy atom. The fraction of sp³-hybridized carbons (Fsp3) is 0.412. The third-order valence-electron chi connectivity index (χ3n) is 3.96. The molecule has 0 saturated heterocycles. The lowest BCUT2D eigenvalue weighted by Crippen LogP contribution is -2.30. The predicted molar refractivity (Wildman–Crippen MR) is 86.6 cm³/mol. The minimum Gasteiger partial charge on any atom is -0.390 e. The molecule has 1 amide bonds. The summed E-state index contributed by atoms with van der Waals surface area (Å²) in [6, 6.07) is 8.49. The van der Waals surface area contributed by atoms with Crippen LogP contribution in [0.3, 0.4) is 0 Å². The number of nitrogens with zero attached hydrogens (tertiary/aromatic N) is 1. The minimum absolute atomic E-state index is 0.0448. The van der Waals surface area contributed by atoms with Crippen LogP contribution in [0.15, 0.2) is 35.5 Å². The minimum atomic E-state index is -0.0642. The summed E-state index contributed by atoms with van der Waals surface area (Å²) in [5.41, 5.74) is 4.71. The van der Waals surface area contributed by atoms with Gasteiger partial charge in [-0.05, 0) is 29.7 Å². The summed E-state index contributed by atoms with van der Waals surface area (Å²) in [5.74, 6) is -0.0448. The normalized spacial score (nSPS) is 20.9. The van der Waals surface area contributed by atoms with Crippen molar-refractivity contribution in [2.24, 2.45) is 5.16 Å². The summed E-state index contributed by atoms with van der Waals surface area (Å²) in [7, 11) is 0. The second-order valence-electron chi connectivity index (χ2n) is 5.67. The van der Waals surface area contributed by atoms with Crippen molar-refractivity contribution in [1.82, 2.24) is 10.6 Å². The van der Waals surface area contributed by atoms with Crippen LogP contribution in [-0.2, 0) is 9.63 Å². The van der Waals surface area contributed by atoms with Crippen LogP contribution in [-0.4, -0.2) is 37.4 Å². The first-order valence-corrected chi connectivity index (χ1v) is 7.70. The van der Waals surface area contributed by atoms with E-state index in [1.807, 2.05) is 0 Å². The zero-order chi connectivity index (χ0) is 15.4. The van der Waals surface area contributed by atoms with Crippen LogP contribution in [0, 0.1) is 0 Å². The monoisotopic (exact) mass is 299 g/mol. The Balaban J connectivity index is 1.61. The zero-order valence-electron chi connectivity index (χ0n) is 12.8. The zero-order valence-corrected chi connectivity index (χ0v) is 12.8. The van der Waals surface area contributed by atoms with E-state index in [0.29, 0.717) is 6.54 Å². The van der Waals surface area contributed by atoms with Crippen LogP contribution < -0.4 is 10.6 Å². The molecule has 0 radical (unpaired) electrons. The highest BCUT2D eigenvalue weighted by Crippen LogP contribution is 2.22. The van der Waals surface area contributed by atoms with Gasteiger partial charge in [-0.2, -0.15) is 0 Å². The first-order valence-electron chi connectivity index (χ1n) is 7.70. The van der Waals surface area contributed by atoms with E-state index >= 15 is 0 Å². The number of carbonyl (C=O) groups excluding carboxylic acids is 1. The van der Waals surface area contributed by atoms with Gasteiger partial charge in [0.25, 0.3) is 0 Å². The van der Waals surface area contributed by atoms with E-state index in [-0.39, 0.29) is 12.0 Å². The van der Waals surface area contributed by atoms with Gasteiger partial charge < -0.3 is 15.5 Å². The molecule has 2 aliphatic heterocycles. The molecule has 0 spiro atoms. The van der Waals surface area contributed by atoms with Crippen molar-refractivity contribution in [3.63, 3.8) is 0 Å². The van der Waals surface area contributed by atoms with Gasteiger partial charge in [0.2, 0.25) is 5.91 Å². The maximum absolute atomic E-state index is 10.9. The van der Waals surface area contributed by atoms with Crippen molar-refractivity contribution in [2.45, 2.75) is 25.9 Å². The number of hydrogen-bond donors (Lipinski definition) is 2. The predicted octanol–water partition coefficient (Wildman–Crippen LogP) is 1.69. The molecule has 2 N–H and O–H groups in total. The number of hydrogen-bond acceptors (Lipinski definition) is 4. The van der Waals surface area contributed by atoms with Gasteiger partial charge in [-0.3, -0.25) is 4.79 Å². The number of oxime groups is 1. The first-order chi connectivity index (χ1) is 10.7. The van der Waals surface area contributed by atoms with Gasteiger partial charge in [0.1, 0.15) is 6.10 Å². The molecular weight excluding hydrogens is 278 g/mol. The van der Waals surface area contributed by atoms with Crippen molar-refractivity contribution < 1.29 is 9.63 Å². The number of carbonyl (C=O) groups is 1. The number of rotatable bonds is 4. The Morgan fingerprint density at radius 3 is 2.82 bits per heavy atom. The molecule has 5 nitrogen and oxygen atoms in total. The molecule has 2 heterocycles. The number of amides is 1. The van der Waals surface area contributed by atoms with E-state index in [1.165, 1.54) is 18.1 Å². The molecule has 1 aromatic carbocycles. The van der Waals surface area contributed by atoms with E-state index in [4.69, 9.17) is 4.84 Å². The van der Waals surface area contributed by atoms with Crippen LogP contribution >= 0.6 is 0 Å². The average Bonchev–Trinajstić information content (AvgIpc) is 3.03. The van der Waals surface area contributed by atoms with Crippen molar-refractivity contribution >= 4 is 17.2 Å². The Hall–Kier alpha value is -2.14. The maximum Gasteiger partial charge on any atom is 0.217 e. The Bertz CT molecular complexity index is 605. The van der Waals surface area contributed by atoms with Gasteiger partial charge in [0, 0.05) is 19.9 Å². The molecular formula is C17H21N3O2. The quantitative estimate of drug-likeness (QED) is 0.889. The van der Waals surface area contributed by atoms with Gasteiger partial charge >= 0.3 is 0 Å². The molecule has 0 saturated carbocycles. The largest absolute Gasteiger partial charge is 0.390 e. The van der Waals surface area contributed by atoms with E-state index < -0.39 is 0 Å². The Labute approximate surface area is 130 Å². The average molecular weight is 299 g/mol. The second kappa shape index (κ2) is 6.75. The van der Waals surface area contributed by atoms with Crippen LogP contribution in [0.25, 0.3) is 5.57 Å². The third-order valence-corrected chi connectivity index (χ3v) is 3.96. The number of benzene rings is 1. The summed E-state index contributed by atoms with van der Waals surface area (Å²) in [4.78, 5) is 16.3. The Morgan fingerprint density at radius 2 is 2.14 bits per heavy atom. The highest BCUT2D eigenvalue weighted by atomic mass is 16.6. The Kier molecular flexibility index (Phi) is 4.53. The molecule has 1 unspecified atom stereocenters. The summed E-state index contributed by atoms with van der Waals surface area (Å²) in [6.07, 6.45) is 3.98. The van der Waals surface area contributed by atoms with Crippen LogP contribution in [0.4, 0.5) is 0 Å². The van der Waals surface area contributed by atoms with Gasteiger partial charge in [-0.25, -0.2) is 0 Å². The SMILES string of the molecule is CC(=O)NCC1CC(c2ccc(C3=CCNCC3)cc2)=NO1. The summed E-state index contributed by atoms with van der Waals surface area (Å²) >= 11 is 0. The molecule has 1 atom stereocenters. The molecule has 1 aromatic rings. The van der Waals surface area contributed by atoms with Crippen LogP contribution in [0.2, 0.25) is 0 Å². The molecule has 0 aliphatic carbocycles. The highest BCUT2D eigenvalue weighted by Gasteiger charge is 2.22. The van der Waals surface area contributed by atoms with Crippen molar-refractivity contribution in [3.8, 4) is 0 Å². The van der Waals surface area contributed by atoms with Crippen molar-refractivity contribution in [3.05, 3.63) is 41.5 Å². The molecule has 5 heteroatoms. The van der Waals surface area contributed by atoms with Crippen molar-refractivity contribution in [1.29, 1.82) is 0 Å². The van der Waals surface area contributed by atoms with Gasteiger partial charge in [-0.1, -0.05) is 35.5 Å². The lowest BCUT2D eigenvalue weighted by Gasteiger charge is -2.14. The molecule has 116 valence electrons. The lowest BCUT2D eigenvalue weighted by molar-refractivity contribution is -0.119. The van der Waals surface area contributed by atoms with E-state index in [9.17, 15) is 4.79 Å². The lowest BCUT2D eigenvalue weighted by atomic mass is 9.97. The molecule has 0 bridgehead atoms. The maximum atomic E-state index is 10.9. The van der Waals surface area contributed by atoms with E-state index in [0.717, 1.165) is 37.2 Å². The smallest absolute Gasteiger partial charge is 0.217 e. The highest BCUT2D eigenvalue weighted by molar-refractivity contribution is 6.01. The topological polar surface area (TPSA) is 62.7 Å². The summed E-state index contributed by atoms with van der Waals surface area (Å²) in [5, 5.41) is 10.2. The molecule has 0 aromatic heterocycles. The van der Waals surface area contributed by atoms with E-state index in [2.05, 4.69) is 46.1 Å². The van der Waals surface area contributed by atoms with Gasteiger partial charge in [-0.15, -0.1) is 0 Å². The third kappa shape index (κ3) is 3.54. The number of nitrogens with one attached hydrogen (secondary N) is 2. The summed E-state index contributed by atoms with van der Waals surface area (Å²) in [6.45, 7) is 3.99. The standard InChI is InChI=1S/C17H21N3O2/c1-12(21)19-11-16-10-17(20-22-16)15-4-2-13(3-5-15)14-6-8-18-9-7-14/h2-6,16,18H,7-11H2,1H3,(H,19,21). The van der Waals surface area contributed by atoms with Gasteiger partial charge in [0.05, 0.1) is 12.3 Å². The fourth-order valence-electron chi connectivity index (χ4n) is 2.73. The van der Waals surface area contributed by atoms with Crippen LogP contribution in [0.5, 0.6) is 0 Å². The molecule has 3 rings (SSSR count). The van der Waals surface area contributed by atoms with E-state index in [1.54, 1.807) is 0 Å². The molecule has 0 fully saturated rings.